The Bertz CT molecular complexity index is 932. The number of carbonyl (C=O) groups is 1. The molecule has 1 amide bonds. The lowest BCUT2D eigenvalue weighted by atomic mass is 10.1. The van der Waals surface area contributed by atoms with Crippen LogP contribution in [0.2, 0.25) is 0 Å². The quantitative estimate of drug-likeness (QED) is 0.454. The van der Waals surface area contributed by atoms with Gasteiger partial charge in [0, 0.05) is 13.2 Å². The minimum absolute atomic E-state index is 0.000460. The van der Waals surface area contributed by atoms with E-state index < -0.39 is 0 Å². The molecular formula is C25H30N2O4. The summed E-state index contributed by atoms with van der Waals surface area (Å²) in [6.45, 7) is 7.41. The number of nitrogens with zero attached hydrogens (tertiary/aromatic N) is 1. The predicted octanol–water partition coefficient (Wildman–Crippen LogP) is 4.70. The van der Waals surface area contributed by atoms with Gasteiger partial charge in [-0.1, -0.05) is 47.6 Å². The van der Waals surface area contributed by atoms with E-state index in [0.29, 0.717) is 26.2 Å². The molecule has 6 heteroatoms. The van der Waals surface area contributed by atoms with Gasteiger partial charge in [-0.15, -0.1) is 0 Å². The smallest absolute Gasteiger partial charge is 0.224 e. The van der Waals surface area contributed by atoms with Crippen LogP contribution in [-0.2, 0) is 22.6 Å². The molecule has 6 nitrogen and oxygen atoms in total. The zero-order valence-electron chi connectivity index (χ0n) is 18.4. The second-order valence-corrected chi connectivity index (χ2v) is 7.54. The Morgan fingerprint density at radius 2 is 1.84 bits per heavy atom. The Morgan fingerprint density at radius 1 is 1.10 bits per heavy atom. The van der Waals surface area contributed by atoms with E-state index in [1.54, 1.807) is 0 Å². The van der Waals surface area contributed by atoms with Crippen LogP contribution >= 0.6 is 0 Å². The van der Waals surface area contributed by atoms with Gasteiger partial charge in [-0.25, -0.2) is 0 Å². The molecule has 0 aliphatic rings. The molecule has 0 saturated carbocycles. The van der Waals surface area contributed by atoms with Crippen molar-refractivity contribution in [2.24, 2.45) is 0 Å². The zero-order chi connectivity index (χ0) is 22.1. The van der Waals surface area contributed by atoms with Crippen molar-refractivity contribution in [3.8, 4) is 5.75 Å². The summed E-state index contributed by atoms with van der Waals surface area (Å²) in [6, 6.07) is 17.7. The van der Waals surface area contributed by atoms with Gasteiger partial charge in [0.2, 0.25) is 5.91 Å². The van der Waals surface area contributed by atoms with Gasteiger partial charge in [0.15, 0.2) is 0 Å². The first kappa shape index (κ1) is 22.6. The van der Waals surface area contributed by atoms with Crippen molar-refractivity contribution in [2.75, 3.05) is 13.2 Å². The number of nitrogens with one attached hydrogen (secondary N) is 1. The highest BCUT2D eigenvalue weighted by Gasteiger charge is 2.10. The number of hydrogen-bond acceptors (Lipinski definition) is 5. The third-order valence-corrected chi connectivity index (χ3v) is 5.13. The molecule has 0 aliphatic heterocycles. The average Bonchev–Trinajstić information content (AvgIpc) is 3.10. The van der Waals surface area contributed by atoms with Crippen LogP contribution in [-0.4, -0.2) is 24.2 Å². The fourth-order valence-corrected chi connectivity index (χ4v) is 3.20. The van der Waals surface area contributed by atoms with Crippen LogP contribution in [0, 0.1) is 13.8 Å². The van der Waals surface area contributed by atoms with E-state index in [1.807, 2.05) is 63.2 Å². The molecule has 164 valence electrons. The maximum absolute atomic E-state index is 12.2. The van der Waals surface area contributed by atoms with Gasteiger partial charge >= 0.3 is 0 Å². The summed E-state index contributed by atoms with van der Waals surface area (Å²) in [5.41, 5.74) is 3.90. The van der Waals surface area contributed by atoms with Crippen LogP contribution < -0.4 is 10.1 Å². The van der Waals surface area contributed by atoms with E-state index in [9.17, 15) is 4.79 Å². The van der Waals surface area contributed by atoms with E-state index in [1.165, 1.54) is 0 Å². The predicted molar refractivity (Wildman–Crippen MR) is 119 cm³/mol. The SMILES string of the molecule is Cc1noc(C)c1COc1ccc(CC(=O)NCCCOC(C)c2ccccc2)cc1. The lowest BCUT2D eigenvalue weighted by molar-refractivity contribution is -0.120. The summed E-state index contributed by atoms with van der Waals surface area (Å²) in [5.74, 6) is 1.51. The molecule has 1 heterocycles. The zero-order valence-corrected chi connectivity index (χ0v) is 18.4. The Balaban J connectivity index is 1.33. The molecule has 1 N–H and O–H groups in total. The van der Waals surface area contributed by atoms with Crippen molar-refractivity contribution in [3.05, 3.63) is 82.7 Å². The Labute approximate surface area is 183 Å². The Kier molecular flexibility index (Phi) is 8.24. The molecule has 0 bridgehead atoms. The summed E-state index contributed by atoms with van der Waals surface area (Å²) in [4.78, 5) is 12.2. The van der Waals surface area contributed by atoms with Crippen LogP contribution in [0.25, 0.3) is 0 Å². The van der Waals surface area contributed by atoms with Crippen LogP contribution in [0.5, 0.6) is 5.75 Å². The Morgan fingerprint density at radius 3 is 2.52 bits per heavy atom. The van der Waals surface area contributed by atoms with Crippen molar-refractivity contribution in [2.45, 2.75) is 46.3 Å². The summed E-state index contributed by atoms with van der Waals surface area (Å²) in [7, 11) is 0. The first-order chi connectivity index (χ1) is 15.0. The number of aryl methyl sites for hydroxylation is 2. The lowest BCUT2D eigenvalue weighted by Gasteiger charge is -2.13. The monoisotopic (exact) mass is 422 g/mol. The number of aromatic nitrogens is 1. The largest absolute Gasteiger partial charge is 0.489 e. The number of carbonyl (C=O) groups excluding carboxylic acids is 1. The van der Waals surface area contributed by atoms with Crippen LogP contribution in [0.1, 0.15) is 47.6 Å². The number of hydrogen-bond donors (Lipinski definition) is 1. The maximum atomic E-state index is 12.2. The number of ether oxygens (including phenoxy) is 2. The van der Waals surface area contributed by atoms with E-state index in [4.69, 9.17) is 14.0 Å². The fourth-order valence-electron chi connectivity index (χ4n) is 3.20. The molecule has 3 rings (SSSR count). The van der Waals surface area contributed by atoms with Crippen molar-refractivity contribution >= 4 is 5.91 Å². The average molecular weight is 423 g/mol. The number of amides is 1. The normalized spacial score (nSPS) is 11.8. The highest BCUT2D eigenvalue weighted by molar-refractivity contribution is 5.78. The minimum atomic E-state index is 0.000460. The van der Waals surface area contributed by atoms with Crippen LogP contribution in [0.15, 0.2) is 59.1 Å². The highest BCUT2D eigenvalue weighted by atomic mass is 16.5. The van der Waals surface area contributed by atoms with Crippen molar-refractivity contribution < 1.29 is 18.8 Å². The molecule has 3 aromatic rings. The first-order valence-corrected chi connectivity index (χ1v) is 10.6. The van der Waals surface area contributed by atoms with Gasteiger partial charge in [-0.2, -0.15) is 0 Å². The lowest BCUT2D eigenvalue weighted by Crippen LogP contribution is -2.26. The topological polar surface area (TPSA) is 73.6 Å². The van der Waals surface area contributed by atoms with E-state index in [0.717, 1.165) is 40.3 Å². The van der Waals surface area contributed by atoms with E-state index >= 15 is 0 Å². The fraction of sp³-hybridized carbons (Fsp3) is 0.360. The summed E-state index contributed by atoms with van der Waals surface area (Å²) in [5, 5.41) is 6.87. The van der Waals surface area contributed by atoms with Crippen LogP contribution in [0.3, 0.4) is 0 Å². The van der Waals surface area contributed by atoms with Crippen molar-refractivity contribution in [1.29, 1.82) is 0 Å². The molecule has 1 atom stereocenters. The molecule has 0 spiro atoms. The van der Waals surface area contributed by atoms with Crippen LogP contribution in [0.4, 0.5) is 0 Å². The van der Waals surface area contributed by atoms with Gasteiger partial charge < -0.3 is 19.3 Å². The van der Waals surface area contributed by atoms with Crippen molar-refractivity contribution in [1.82, 2.24) is 10.5 Å². The van der Waals surface area contributed by atoms with Gasteiger partial charge in [-0.3, -0.25) is 4.79 Å². The van der Waals surface area contributed by atoms with E-state index in [-0.39, 0.29) is 12.0 Å². The standard InChI is InChI=1S/C25H30N2O4/c1-18-24(20(3)31-27-18)17-30-23-12-10-21(11-13-23)16-25(28)26-14-7-15-29-19(2)22-8-5-4-6-9-22/h4-6,8-13,19H,7,14-17H2,1-3H3,(H,26,28). The minimum Gasteiger partial charge on any atom is -0.489 e. The molecule has 1 unspecified atom stereocenters. The van der Waals surface area contributed by atoms with Gasteiger partial charge in [0.25, 0.3) is 0 Å². The molecule has 1 aromatic heterocycles. The molecule has 0 fully saturated rings. The molecule has 31 heavy (non-hydrogen) atoms. The van der Waals surface area contributed by atoms with Gasteiger partial charge in [0.05, 0.1) is 23.8 Å². The summed E-state index contributed by atoms with van der Waals surface area (Å²) >= 11 is 0. The second-order valence-electron chi connectivity index (χ2n) is 7.54. The summed E-state index contributed by atoms with van der Waals surface area (Å²) in [6.07, 6.45) is 1.17. The first-order valence-electron chi connectivity index (χ1n) is 10.6. The molecule has 0 saturated heterocycles. The molecule has 2 aromatic carbocycles. The summed E-state index contributed by atoms with van der Waals surface area (Å²) < 4.78 is 16.8. The maximum Gasteiger partial charge on any atom is 0.224 e. The Hall–Kier alpha value is -3.12. The van der Waals surface area contributed by atoms with Gasteiger partial charge in [0.1, 0.15) is 18.1 Å². The third-order valence-electron chi connectivity index (χ3n) is 5.13. The highest BCUT2D eigenvalue weighted by Crippen LogP contribution is 2.18. The van der Waals surface area contributed by atoms with Crippen molar-refractivity contribution in [3.63, 3.8) is 0 Å². The molecule has 0 radical (unpaired) electrons. The number of benzene rings is 2. The van der Waals surface area contributed by atoms with E-state index in [2.05, 4.69) is 22.6 Å². The molecule has 0 aliphatic carbocycles. The third kappa shape index (κ3) is 6.96. The molecular weight excluding hydrogens is 392 g/mol. The van der Waals surface area contributed by atoms with Gasteiger partial charge in [-0.05, 0) is 50.5 Å². The number of rotatable bonds is 11. The second kappa shape index (κ2) is 11.3.